The Morgan fingerprint density at radius 3 is 2.57 bits per heavy atom. The highest BCUT2D eigenvalue weighted by Gasteiger charge is 2.14. The first-order valence-electron chi connectivity index (χ1n) is 9.05. The van der Waals surface area contributed by atoms with Gasteiger partial charge in [0.2, 0.25) is 10.0 Å². The number of H-pyrrole nitrogens is 1. The average molecular weight is 414 g/mol. The van der Waals surface area contributed by atoms with Crippen LogP contribution in [0.15, 0.2) is 59.5 Å². The molecule has 0 radical (unpaired) electrons. The predicted octanol–water partition coefficient (Wildman–Crippen LogP) is 4.59. The van der Waals surface area contributed by atoms with Crippen molar-refractivity contribution in [3.8, 4) is 0 Å². The van der Waals surface area contributed by atoms with Gasteiger partial charge in [-0.2, -0.15) is 0 Å². The first-order valence-corrected chi connectivity index (χ1v) is 10.9. The molecule has 0 saturated heterocycles. The number of fused-ring (bicyclic) bond motifs is 2. The Labute approximate surface area is 168 Å². The van der Waals surface area contributed by atoms with Crippen LogP contribution in [0.4, 0.5) is 0 Å². The standard InChI is InChI=1S/C21H20ClN3O2S/c1-14-8-9-17(13-18(14)22)28(26,27)23-10-4-7-21-24-19-11-15-5-2-3-6-16(15)12-20(19)25-21/h2-3,5-6,8-9,11-13,23H,4,7,10H2,1H3,(H,24,25). The second kappa shape index (κ2) is 7.54. The van der Waals surface area contributed by atoms with Crippen LogP contribution in [0.2, 0.25) is 5.02 Å². The number of hydrogen-bond acceptors (Lipinski definition) is 3. The molecule has 0 spiro atoms. The molecular weight excluding hydrogens is 394 g/mol. The van der Waals surface area contributed by atoms with E-state index in [1.807, 2.05) is 19.1 Å². The van der Waals surface area contributed by atoms with Crippen LogP contribution in [0, 0.1) is 6.92 Å². The molecule has 0 aliphatic heterocycles. The summed E-state index contributed by atoms with van der Waals surface area (Å²) in [6.45, 7) is 2.16. The third-order valence-electron chi connectivity index (χ3n) is 4.73. The molecule has 0 aliphatic carbocycles. The minimum atomic E-state index is -3.57. The number of nitrogens with one attached hydrogen (secondary N) is 2. The van der Waals surface area contributed by atoms with Gasteiger partial charge in [0.05, 0.1) is 15.9 Å². The molecule has 2 N–H and O–H groups in total. The molecule has 144 valence electrons. The molecule has 1 heterocycles. The van der Waals surface area contributed by atoms with Crippen LogP contribution >= 0.6 is 11.6 Å². The molecule has 4 rings (SSSR count). The average Bonchev–Trinajstić information content (AvgIpc) is 3.07. The van der Waals surface area contributed by atoms with Gasteiger partial charge in [0.15, 0.2) is 0 Å². The van der Waals surface area contributed by atoms with E-state index in [1.165, 1.54) is 6.07 Å². The monoisotopic (exact) mass is 413 g/mol. The number of imidazole rings is 1. The van der Waals surface area contributed by atoms with Gasteiger partial charge in [-0.05, 0) is 53.9 Å². The van der Waals surface area contributed by atoms with E-state index in [0.717, 1.165) is 33.2 Å². The van der Waals surface area contributed by atoms with E-state index in [-0.39, 0.29) is 4.90 Å². The predicted molar refractivity (Wildman–Crippen MR) is 113 cm³/mol. The summed E-state index contributed by atoms with van der Waals surface area (Å²) in [5.41, 5.74) is 2.75. The van der Waals surface area contributed by atoms with Gasteiger partial charge in [0.1, 0.15) is 5.82 Å². The maximum atomic E-state index is 12.4. The van der Waals surface area contributed by atoms with Gasteiger partial charge >= 0.3 is 0 Å². The molecule has 0 fully saturated rings. The van der Waals surface area contributed by atoms with E-state index < -0.39 is 10.0 Å². The Balaban J connectivity index is 1.40. The zero-order valence-electron chi connectivity index (χ0n) is 15.4. The summed E-state index contributed by atoms with van der Waals surface area (Å²) in [6.07, 6.45) is 1.29. The van der Waals surface area contributed by atoms with Crippen molar-refractivity contribution in [2.75, 3.05) is 6.54 Å². The number of hydrogen-bond donors (Lipinski definition) is 2. The Hall–Kier alpha value is -2.41. The number of nitrogens with zero attached hydrogens (tertiary/aromatic N) is 1. The molecular formula is C21H20ClN3O2S. The molecule has 0 amide bonds. The molecule has 0 unspecified atom stereocenters. The van der Waals surface area contributed by atoms with Crippen molar-refractivity contribution in [1.82, 2.24) is 14.7 Å². The van der Waals surface area contributed by atoms with Gasteiger partial charge in [-0.1, -0.05) is 41.9 Å². The van der Waals surface area contributed by atoms with Gasteiger partial charge in [0, 0.05) is 18.0 Å². The molecule has 0 bridgehead atoms. The fourth-order valence-electron chi connectivity index (χ4n) is 3.15. The van der Waals surface area contributed by atoms with E-state index in [1.54, 1.807) is 12.1 Å². The third kappa shape index (κ3) is 3.90. The molecule has 0 saturated carbocycles. The first-order chi connectivity index (χ1) is 13.4. The van der Waals surface area contributed by atoms with Crippen LogP contribution in [0.5, 0.6) is 0 Å². The lowest BCUT2D eigenvalue weighted by atomic mass is 10.1. The molecule has 28 heavy (non-hydrogen) atoms. The lowest BCUT2D eigenvalue weighted by Crippen LogP contribution is -2.25. The molecule has 5 nitrogen and oxygen atoms in total. The summed E-state index contributed by atoms with van der Waals surface area (Å²) in [5, 5.41) is 2.75. The van der Waals surface area contributed by atoms with Gasteiger partial charge in [0.25, 0.3) is 0 Å². The maximum absolute atomic E-state index is 12.4. The second-order valence-corrected chi connectivity index (χ2v) is 8.99. The van der Waals surface area contributed by atoms with E-state index in [9.17, 15) is 8.42 Å². The van der Waals surface area contributed by atoms with Crippen LogP contribution in [0.3, 0.4) is 0 Å². The SMILES string of the molecule is Cc1ccc(S(=O)(=O)NCCCc2nc3cc4ccccc4cc3[nH]2)cc1Cl. The fourth-order valence-corrected chi connectivity index (χ4v) is 4.50. The highest BCUT2D eigenvalue weighted by atomic mass is 35.5. The van der Waals surface area contributed by atoms with E-state index in [2.05, 4.69) is 39.0 Å². The van der Waals surface area contributed by atoms with Crippen LogP contribution < -0.4 is 4.72 Å². The Bertz CT molecular complexity index is 1210. The van der Waals surface area contributed by atoms with Gasteiger partial charge in [-0.3, -0.25) is 0 Å². The maximum Gasteiger partial charge on any atom is 0.240 e. The molecule has 7 heteroatoms. The largest absolute Gasteiger partial charge is 0.342 e. The highest BCUT2D eigenvalue weighted by Crippen LogP contribution is 2.22. The lowest BCUT2D eigenvalue weighted by molar-refractivity contribution is 0.578. The third-order valence-corrected chi connectivity index (χ3v) is 6.60. The Kier molecular flexibility index (Phi) is 5.10. The number of aryl methyl sites for hydroxylation is 2. The summed E-state index contributed by atoms with van der Waals surface area (Å²) in [5.74, 6) is 0.850. The normalized spacial score (nSPS) is 12.1. The molecule has 1 aromatic heterocycles. The van der Waals surface area contributed by atoms with Crippen LogP contribution in [-0.4, -0.2) is 24.9 Å². The van der Waals surface area contributed by atoms with E-state index >= 15 is 0 Å². The van der Waals surface area contributed by atoms with Crippen molar-refractivity contribution in [2.45, 2.75) is 24.7 Å². The smallest absolute Gasteiger partial charge is 0.240 e. The van der Waals surface area contributed by atoms with Crippen molar-refractivity contribution in [3.05, 3.63) is 71.0 Å². The minimum Gasteiger partial charge on any atom is -0.342 e. The highest BCUT2D eigenvalue weighted by molar-refractivity contribution is 7.89. The van der Waals surface area contributed by atoms with Crippen molar-refractivity contribution in [3.63, 3.8) is 0 Å². The number of benzene rings is 3. The molecule has 0 aliphatic rings. The molecule has 3 aromatic carbocycles. The number of aromatic nitrogens is 2. The van der Waals surface area contributed by atoms with Crippen molar-refractivity contribution < 1.29 is 8.42 Å². The minimum absolute atomic E-state index is 0.179. The molecule has 4 aromatic rings. The van der Waals surface area contributed by atoms with Gasteiger partial charge in [-0.25, -0.2) is 18.1 Å². The first kappa shape index (κ1) is 18.9. The zero-order chi connectivity index (χ0) is 19.7. The summed E-state index contributed by atoms with van der Waals surface area (Å²) >= 11 is 6.03. The van der Waals surface area contributed by atoms with Crippen molar-refractivity contribution in [2.24, 2.45) is 0 Å². The number of aromatic amines is 1. The quantitative estimate of drug-likeness (QED) is 0.454. The Morgan fingerprint density at radius 1 is 1.07 bits per heavy atom. The van der Waals surface area contributed by atoms with E-state index in [4.69, 9.17) is 11.6 Å². The Morgan fingerprint density at radius 2 is 1.82 bits per heavy atom. The van der Waals surface area contributed by atoms with Crippen molar-refractivity contribution in [1.29, 1.82) is 0 Å². The fraction of sp³-hybridized carbons (Fsp3) is 0.190. The second-order valence-electron chi connectivity index (χ2n) is 6.81. The van der Waals surface area contributed by atoms with Crippen LogP contribution in [0.1, 0.15) is 17.8 Å². The van der Waals surface area contributed by atoms with Crippen molar-refractivity contribution >= 4 is 43.4 Å². The summed E-state index contributed by atoms with van der Waals surface area (Å²) in [7, 11) is -3.57. The summed E-state index contributed by atoms with van der Waals surface area (Å²) < 4.78 is 27.4. The zero-order valence-corrected chi connectivity index (χ0v) is 16.9. The molecule has 0 atom stereocenters. The number of halogens is 1. The summed E-state index contributed by atoms with van der Waals surface area (Å²) in [4.78, 5) is 8.13. The number of rotatable bonds is 6. The topological polar surface area (TPSA) is 74.8 Å². The van der Waals surface area contributed by atoms with Crippen LogP contribution in [0.25, 0.3) is 21.8 Å². The lowest BCUT2D eigenvalue weighted by Gasteiger charge is -2.07. The van der Waals surface area contributed by atoms with Gasteiger partial charge < -0.3 is 4.98 Å². The summed E-state index contributed by atoms with van der Waals surface area (Å²) in [6, 6.07) is 17.1. The van der Waals surface area contributed by atoms with E-state index in [0.29, 0.717) is 24.4 Å². The van der Waals surface area contributed by atoms with Gasteiger partial charge in [-0.15, -0.1) is 0 Å². The van der Waals surface area contributed by atoms with Crippen LogP contribution in [-0.2, 0) is 16.4 Å². The number of sulfonamides is 1.